The van der Waals surface area contributed by atoms with Gasteiger partial charge in [-0.3, -0.25) is 4.79 Å². The summed E-state index contributed by atoms with van der Waals surface area (Å²) in [7, 11) is 4.11. The van der Waals surface area contributed by atoms with E-state index < -0.39 is 0 Å². The normalized spacial score (nSPS) is 27.3. The van der Waals surface area contributed by atoms with Gasteiger partial charge in [0.1, 0.15) is 5.56 Å². The molecule has 0 radical (unpaired) electrons. The summed E-state index contributed by atoms with van der Waals surface area (Å²) in [5, 5.41) is 7.87. The minimum absolute atomic E-state index is 0.0250. The Labute approximate surface area is 194 Å². The molecule has 1 heterocycles. The molecule has 1 N–H and O–H groups in total. The van der Waals surface area contributed by atoms with Crippen LogP contribution in [0, 0.1) is 23.7 Å². The third-order valence-electron chi connectivity index (χ3n) is 8.20. The summed E-state index contributed by atoms with van der Waals surface area (Å²) in [5.41, 5.74) is 0.599. The highest BCUT2D eigenvalue weighted by Gasteiger charge is 2.35. The number of ether oxygens (including phenoxy) is 1. The van der Waals surface area contributed by atoms with Crippen LogP contribution in [0.4, 0.5) is 0 Å². The first kappa shape index (κ1) is 23.6. The minimum atomic E-state index is -0.0250. The monoisotopic (exact) mass is 444 g/mol. The van der Waals surface area contributed by atoms with Crippen molar-refractivity contribution < 1.29 is 9.53 Å². The largest absolute Gasteiger partial charge is 0.477 e. The zero-order valence-electron chi connectivity index (χ0n) is 20.5. The van der Waals surface area contributed by atoms with Crippen LogP contribution in [0.3, 0.4) is 0 Å². The first-order valence-corrected chi connectivity index (χ1v) is 13.1. The van der Waals surface area contributed by atoms with Crippen molar-refractivity contribution >= 4 is 5.91 Å². The highest BCUT2D eigenvalue weighted by molar-refractivity contribution is 5.96. The van der Waals surface area contributed by atoms with Crippen LogP contribution < -0.4 is 10.1 Å². The molecule has 3 fully saturated rings. The third-order valence-corrected chi connectivity index (χ3v) is 8.20. The van der Waals surface area contributed by atoms with Gasteiger partial charge < -0.3 is 15.0 Å². The molecule has 1 aromatic heterocycles. The van der Waals surface area contributed by atoms with Gasteiger partial charge in [0.25, 0.3) is 5.91 Å². The number of likely N-dealkylation sites (N-methyl/N-ethyl adjacent to an activating group) is 1. The molecule has 3 saturated carbocycles. The van der Waals surface area contributed by atoms with Gasteiger partial charge in [0, 0.05) is 12.6 Å². The minimum Gasteiger partial charge on any atom is -0.477 e. The van der Waals surface area contributed by atoms with Crippen LogP contribution in [0.5, 0.6) is 5.88 Å². The fourth-order valence-electron chi connectivity index (χ4n) is 6.28. The highest BCUT2D eigenvalue weighted by Crippen LogP contribution is 2.43. The fourth-order valence-corrected chi connectivity index (χ4v) is 6.28. The van der Waals surface area contributed by atoms with Gasteiger partial charge in [0.2, 0.25) is 5.88 Å². The average molecular weight is 445 g/mol. The maximum absolute atomic E-state index is 13.3. The molecule has 32 heavy (non-hydrogen) atoms. The van der Waals surface area contributed by atoms with Gasteiger partial charge >= 0.3 is 0 Å². The predicted octanol–water partition coefficient (Wildman–Crippen LogP) is 4.74. The zero-order chi connectivity index (χ0) is 22.5. The molecule has 0 saturated heterocycles. The van der Waals surface area contributed by atoms with E-state index in [-0.39, 0.29) is 11.9 Å². The Morgan fingerprint density at radius 1 is 1.12 bits per heavy atom. The number of hydrogen-bond donors (Lipinski definition) is 1. The summed E-state index contributed by atoms with van der Waals surface area (Å²) >= 11 is 0. The Kier molecular flexibility index (Phi) is 8.14. The standard InChI is InChI=1S/C26H44N4O2/c1-19(23-15-21-10-7-11-22(14-21)16-23)28-25(31)24-17-27-30(13-12-29(2)3)26(24)32-18-20-8-5-4-6-9-20/h17,19-23H,4-16,18H2,1-3H3,(H,28,31). The number of nitrogens with one attached hydrogen (secondary N) is 1. The smallest absolute Gasteiger partial charge is 0.258 e. The Morgan fingerprint density at radius 2 is 1.84 bits per heavy atom. The number of carbonyl (C=O) groups excluding carboxylic acids is 1. The lowest BCUT2D eigenvalue weighted by atomic mass is 9.66. The second-order valence-corrected chi connectivity index (χ2v) is 11.1. The molecular formula is C26H44N4O2. The van der Waals surface area contributed by atoms with E-state index in [1.165, 1.54) is 70.6 Å². The van der Waals surface area contributed by atoms with Gasteiger partial charge in [-0.15, -0.1) is 0 Å². The summed E-state index contributed by atoms with van der Waals surface area (Å²) in [4.78, 5) is 15.4. The molecule has 6 heteroatoms. The molecule has 0 aromatic carbocycles. The fraction of sp³-hybridized carbons (Fsp3) is 0.846. The Morgan fingerprint density at radius 3 is 2.53 bits per heavy atom. The number of amides is 1. The van der Waals surface area contributed by atoms with Crippen LogP contribution in [0.2, 0.25) is 0 Å². The maximum Gasteiger partial charge on any atom is 0.258 e. The molecular weight excluding hydrogens is 400 g/mol. The molecule has 4 rings (SSSR count). The van der Waals surface area contributed by atoms with E-state index in [9.17, 15) is 4.79 Å². The van der Waals surface area contributed by atoms with Crippen molar-refractivity contribution in [3.63, 3.8) is 0 Å². The van der Waals surface area contributed by atoms with Gasteiger partial charge in [-0.2, -0.15) is 5.10 Å². The maximum atomic E-state index is 13.3. The van der Waals surface area contributed by atoms with Gasteiger partial charge in [0.05, 0.1) is 19.3 Å². The molecule has 3 atom stereocenters. The van der Waals surface area contributed by atoms with Gasteiger partial charge in [-0.1, -0.05) is 38.5 Å². The van der Waals surface area contributed by atoms with E-state index in [0.29, 0.717) is 29.9 Å². The van der Waals surface area contributed by atoms with Crippen LogP contribution in [-0.2, 0) is 6.54 Å². The molecule has 0 spiro atoms. The van der Waals surface area contributed by atoms with E-state index in [0.717, 1.165) is 24.9 Å². The molecule has 3 aliphatic rings. The molecule has 6 nitrogen and oxygen atoms in total. The van der Waals surface area contributed by atoms with Crippen molar-refractivity contribution in [1.82, 2.24) is 20.0 Å². The number of aromatic nitrogens is 2. The van der Waals surface area contributed by atoms with Crippen LogP contribution in [0.25, 0.3) is 0 Å². The van der Waals surface area contributed by atoms with Crippen molar-refractivity contribution in [3.05, 3.63) is 11.8 Å². The van der Waals surface area contributed by atoms with Crippen LogP contribution in [-0.4, -0.2) is 53.9 Å². The summed E-state index contributed by atoms with van der Waals surface area (Å²) in [6.45, 7) is 4.48. The number of rotatable bonds is 9. The zero-order valence-corrected chi connectivity index (χ0v) is 20.5. The summed E-state index contributed by atoms with van der Waals surface area (Å²) in [6, 6.07) is 0.196. The number of fused-ring (bicyclic) bond motifs is 2. The average Bonchev–Trinajstić information content (AvgIpc) is 3.19. The lowest BCUT2D eigenvalue weighted by Crippen LogP contribution is -2.42. The van der Waals surface area contributed by atoms with Crippen molar-refractivity contribution in [1.29, 1.82) is 0 Å². The van der Waals surface area contributed by atoms with E-state index in [1.54, 1.807) is 6.20 Å². The van der Waals surface area contributed by atoms with E-state index >= 15 is 0 Å². The number of hydrogen-bond acceptors (Lipinski definition) is 4. The van der Waals surface area contributed by atoms with Gasteiger partial charge in [-0.05, 0) is 76.8 Å². The number of nitrogens with zero attached hydrogens (tertiary/aromatic N) is 3. The predicted molar refractivity (Wildman–Crippen MR) is 128 cm³/mol. The molecule has 2 bridgehead atoms. The molecule has 1 amide bonds. The third kappa shape index (κ3) is 6.06. The van der Waals surface area contributed by atoms with Crippen molar-refractivity contribution in [2.75, 3.05) is 27.2 Å². The molecule has 1 aromatic rings. The lowest BCUT2D eigenvalue weighted by molar-refractivity contribution is 0.0848. The van der Waals surface area contributed by atoms with E-state index in [1.807, 2.05) is 4.68 Å². The number of carbonyl (C=O) groups is 1. The Balaban J connectivity index is 1.41. The van der Waals surface area contributed by atoms with Crippen molar-refractivity contribution in [3.8, 4) is 5.88 Å². The van der Waals surface area contributed by atoms with E-state index in [2.05, 4.69) is 36.3 Å². The van der Waals surface area contributed by atoms with Crippen molar-refractivity contribution in [2.45, 2.75) is 90.1 Å². The molecule has 180 valence electrons. The molecule has 0 aliphatic heterocycles. The van der Waals surface area contributed by atoms with Gasteiger partial charge in [0.15, 0.2) is 0 Å². The summed E-state index contributed by atoms with van der Waals surface area (Å²) in [5.74, 6) is 3.56. The topological polar surface area (TPSA) is 59.4 Å². The van der Waals surface area contributed by atoms with E-state index in [4.69, 9.17) is 4.74 Å². The van der Waals surface area contributed by atoms with Crippen molar-refractivity contribution in [2.24, 2.45) is 23.7 Å². The first-order valence-electron chi connectivity index (χ1n) is 13.1. The summed E-state index contributed by atoms with van der Waals surface area (Å²) in [6.07, 6.45) is 16.2. The van der Waals surface area contributed by atoms with Crippen LogP contribution >= 0.6 is 0 Å². The van der Waals surface area contributed by atoms with Crippen LogP contribution in [0.15, 0.2) is 6.20 Å². The van der Waals surface area contributed by atoms with Gasteiger partial charge in [-0.25, -0.2) is 4.68 Å². The second kappa shape index (κ2) is 11.0. The van der Waals surface area contributed by atoms with Crippen LogP contribution in [0.1, 0.15) is 87.9 Å². The SMILES string of the molecule is CC(NC(=O)c1cnn(CCN(C)C)c1OCC1CCCCC1)C1CC2CCCC(C2)C1. The lowest BCUT2D eigenvalue weighted by Gasteiger charge is -2.41. The molecule has 3 aliphatic carbocycles. The summed E-state index contributed by atoms with van der Waals surface area (Å²) < 4.78 is 8.19. The highest BCUT2D eigenvalue weighted by atomic mass is 16.5. The Bertz CT molecular complexity index is 728. The molecule has 3 unspecified atom stereocenters. The first-order chi connectivity index (χ1) is 15.5. The Hall–Kier alpha value is -1.56. The second-order valence-electron chi connectivity index (χ2n) is 11.1. The quantitative estimate of drug-likeness (QED) is 0.598.